The molecule has 5 atom stereocenters. The SMILES string of the molecule is CN=C(NCCN1C(=O)C2C3C=CC(C3)C2C1=O)NCC(C)CN1CCOCC1. The number of carbonyl (C=O) groups excluding carboxylic acids is 2. The molecule has 0 aromatic rings. The Hall–Kier alpha value is -1.93. The number of nitrogens with zero attached hydrogens (tertiary/aromatic N) is 3. The van der Waals surface area contributed by atoms with Gasteiger partial charge >= 0.3 is 0 Å². The molecule has 0 aromatic heterocycles. The molecule has 29 heavy (non-hydrogen) atoms. The van der Waals surface area contributed by atoms with E-state index in [-0.39, 0.29) is 35.5 Å². The number of nitrogens with one attached hydrogen (secondary N) is 2. The molecule has 8 heteroatoms. The number of hydrogen-bond donors (Lipinski definition) is 2. The van der Waals surface area contributed by atoms with Crippen LogP contribution in [0.1, 0.15) is 13.3 Å². The lowest BCUT2D eigenvalue weighted by atomic mass is 9.85. The number of amides is 2. The maximum atomic E-state index is 12.7. The van der Waals surface area contributed by atoms with E-state index in [1.807, 2.05) is 0 Å². The van der Waals surface area contributed by atoms with Crippen LogP contribution in [-0.2, 0) is 14.3 Å². The molecule has 2 aliphatic heterocycles. The van der Waals surface area contributed by atoms with Crippen LogP contribution in [-0.4, -0.2) is 87.1 Å². The maximum absolute atomic E-state index is 12.7. The minimum Gasteiger partial charge on any atom is -0.379 e. The van der Waals surface area contributed by atoms with Crippen molar-refractivity contribution in [1.82, 2.24) is 20.4 Å². The molecular weight excluding hydrogens is 370 g/mol. The molecule has 4 aliphatic rings. The number of likely N-dealkylation sites (tertiary alicyclic amines) is 1. The van der Waals surface area contributed by atoms with E-state index in [1.54, 1.807) is 7.05 Å². The van der Waals surface area contributed by atoms with Crippen LogP contribution >= 0.6 is 0 Å². The number of carbonyl (C=O) groups is 2. The van der Waals surface area contributed by atoms with Gasteiger partial charge in [0, 0.05) is 46.3 Å². The molecule has 3 fully saturated rings. The molecule has 2 saturated heterocycles. The Bertz CT molecular complexity index is 658. The number of fused-ring (bicyclic) bond motifs is 5. The van der Waals surface area contributed by atoms with Gasteiger partial charge in [0.15, 0.2) is 5.96 Å². The van der Waals surface area contributed by atoms with Crippen molar-refractivity contribution in [3.05, 3.63) is 12.2 Å². The molecule has 2 aliphatic carbocycles. The molecule has 1 saturated carbocycles. The van der Waals surface area contributed by atoms with Gasteiger partial charge in [-0.1, -0.05) is 19.1 Å². The number of rotatable bonds is 7. The van der Waals surface area contributed by atoms with E-state index >= 15 is 0 Å². The molecule has 5 unspecified atom stereocenters. The number of guanidine groups is 1. The van der Waals surface area contributed by atoms with Crippen molar-refractivity contribution in [3.8, 4) is 0 Å². The van der Waals surface area contributed by atoms with Gasteiger partial charge in [0.25, 0.3) is 0 Å². The molecule has 2 N–H and O–H groups in total. The van der Waals surface area contributed by atoms with Crippen molar-refractivity contribution in [2.75, 3.05) is 59.5 Å². The quantitative estimate of drug-likeness (QED) is 0.268. The standard InChI is InChI=1S/C21H33N5O3/c1-14(13-25-7-9-29-10-8-25)12-24-21(22-2)23-5-6-26-19(27)17-15-3-4-16(11-15)18(17)20(26)28/h3-4,14-18H,5-13H2,1-2H3,(H2,22,23,24). The van der Waals surface area contributed by atoms with Gasteiger partial charge in [0.2, 0.25) is 11.8 Å². The van der Waals surface area contributed by atoms with Crippen LogP contribution in [0.4, 0.5) is 0 Å². The summed E-state index contributed by atoms with van der Waals surface area (Å²) in [5, 5.41) is 6.60. The van der Waals surface area contributed by atoms with Gasteiger partial charge < -0.3 is 15.4 Å². The zero-order chi connectivity index (χ0) is 20.4. The molecule has 2 bridgehead atoms. The van der Waals surface area contributed by atoms with Crippen molar-refractivity contribution in [3.63, 3.8) is 0 Å². The topological polar surface area (TPSA) is 86.3 Å². The summed E-state index contributed by atoms with van der Waals surface area (Å²) < 4.78 is 5.40. The van der Waals surface area contributed by atoms with E-state index in [4.69, 9.17) is 4.74 Å². The van der Waals surface area contributed by atoms with Crippen LogP contribution in [0.3, 0.4) is 0 Å². The highest BCUT2D eigenvalue weighted by Gasteiger charge is 2.58. The average molecular weight is 404 g/mol. The molecule has 2 heterocycles. The summed E-state index contributed by atoms with van der Waals surface area (Å²) in [6, 6.07) is 0. The fraction of sp³-hybridized carbons (Fsp3) is 0.762. The van der Waals surface area contributed by atoms with Crippen molar-refractivity contribution < 1.29 is 14.3 Å². The normalized spacial score (nSPS) is 32.8. The van der Waals surface area contributed by atoms with E-state index in [2.05, 4.69) is 39.6 Å². The third-order valence-corrected chi connectivity index (χ3v) is 6.70. The zero-order valence-corrected chi connectivity index (χ0v) is 17.5. The van der Waals surface area contributed by atoms with Crippen molar-refractivity contribution in [2.45, 2.75) is 13.3 Å². The monoisotopic (exact) mass is 403 g/mol. The zero-order valence-electron chi connectivity index (χ0n) is 17.5. The van der Waals surface area contributed by atoms with E-state index < -0.39 is 0 Å². The third-order valence-electron chi connectivity index (χ3n) is 6.70. The van der Waals surface area contributed by atoms with Gasteiger partial charge in [0.05, 0.1) is 25.0 Å². The van der Waals surface area contributed by atoms with E-state index in [0.29, 0.717) is 25.0 Å². The first kappa shape index (κ1) is 20.3. The fourth-order valence-electron chi connectivity index (χ4n) is 5.25. The van der Waals surface area contributed by atoms with E-state index in [0.717, 1.165) is 45.8 Å². The Balaban J connectivity index is 1.18. The number of morpholine rings is 1. The highest BCUT2D eigenvalue weighted by molar-refractivity contribution is 6.06. The number of allylic oxidation sites excluding steroid dienone is 2. The largest absolute Gasteiger partial charge is 0.379 e. The predicted octanol–water partition coefficient (Wildman–Crippen LogP) is -0.0732. The summed E-state index contributed by atoms with van der Waals surface area (Å²) in [6.45, 7) is 8.60. The summed E-state index contributed by atoms with van der Waals surface area (Å²) in [5.41, 5.74) is 0. The van der Waals surface area contributed by atoms with Crippen molar-refractivity contribution >= 4 is 17.8 Å². The van der Waals surface area contributed by atoms with Gasteiger partial charge in [-0.25, -0.2) is 0 Å². The van der Waals surface area contributed by atoms with Crippen LogP contribution in [0.25, 0.3) is 0 Å². The highest BCUT2D eigenvalue weighted by atomic mass is 16.5. The Morgan fingerprint density at radius 1 is 1.17 bits per heavy atom. The fourth-order valence-corrected chi connectivity index (χ4v) is 5.25. The second-order valence-electron chi connectivity index (χ2n) is 8.73. The first-order chi connectivity index (χ1) is 14.1. The molecule has 0 spiro atoms. The number of ether oxygens (including phenoxy) is 1. The summed E-state index contributed by atoms with van der Waals surface area (Å²) in [6.07, 6.45) is 5.23. The number of imide groups is 1. The van der Waals surface area contributed by atoms with Gasteiger partial charge in [-0.2, -0.15) is 0 Å². The lowest BCUT2D eigenvalue weighted by Crippen LogP contribution is -2.46. The van der Waals surface area contributed by atoms with Gasteiger partial charge in [-0.05, 0) is 24.2 Å². The van der Waals surface area contributed by atoms with Crippen LogP contribution in [0.2, 0.25) is 0 Å². The van der Waals surface area contributed by atoms with Crippen LogP contribution in [0.5, 0.6) is 0 Å². The summed E-state index contributed by atoms with van der Waals surface area (Å²) >= 11 is 0. The van der Waals surface area contributed by atoms with Crippen LogP contribution < -0.4 is 10.6 Å². The van der Waals surface area contributed by atoms with Crippen LogP contribution in [0, 0.1) is 29.6 Å². The van der Waals surface area contributed by atoms with E-state index in [9.17, 15) is 9.59 Å². The van der Waals surface area contributed by atoms with Crippen LogP contribution in [0.15, 0.2) is 17.1 Å². The summed E-state index contributed by atoms with van der Waals surface area (Å²) in [5.74, 6) is 1.52. The number of aliphatic imine (C=N–C) groups is 1. The van der Waals surface area contributed by atoms with Crippen molar-refractivity contribution in [2.24, 2.45) is 34.6 Å². The molecule has 4 rings (SSSR count). The molecular formula is C21H33N5O3. The molecule has 0 radical (unpaired) electrons. The molecule has 8 nitrogen and oxygen atoms in total. The Morgan fingerprint density at radius 3 is 2.45 bits per heavy atom. The minimum absolute atomic E-state index is 0.0146. The van der Waals surface area contributed by atoms with Gasteiger partial charge in [-0.3, -0.25) is 24.4 Å². The molecule has 0 aromatic carbocycles. The second-order valence-corrected chi connectivity index (χ2v) is 8.73. The molecule has 160 valence electrons. The Kier molecular flexibility index (Phi) is 6.20. The maximum Gasteiger partial charge on any atom is 0.233 e. The third kappa shape index (κ3) is 4.19. The number of hydrogen-bond acceptors (Lipinski definition) is 5. The lowest BCUT2D eigenvalue weighted by molar-refractivity contribution is -0.140. The van der Waals surface area contributed by atoms with Gasteiger partial charge in [0.1, 0.15) is 0 Å². The Labute approximate surface area is 172 Å². The lowest BCUT2D eigenvalue weighted by Gasteiger charge is -2.29. The van der Waals surface area contributed by atoms with Crippen molar-refractivity contribution in [1.29, 1.82) is 0 Å². The summed E-state index contributed by atoms with van der Waals surface area (Å²) in [4.78, 5) is 33.6. The Morgan fingerprint density at radius 2 is 1.83 bits per heavy atom. The highest BCUT2D eigenvalue weighted by Crippen LogP contribution is 2.52. The minimum atomic E-state index is -0.115. The summed E-state index contributed by atoms with van der Waals surface area (Å²) in [7, 11) is 1.74. The van der Waals surface area contributed by atoms with Gasteiger partial charge in [-0.15, -0.1) is 0 Å². The second kappa shape index (κ2) is 8.83. The first-order valence-corrected chi connectivity index (χ1v) is 10.9. The smallest absolute Gasteiger partial charge is 0.233 e. The average Bonchev–Trinajstić information content (AvgIpc) is 3.40. The first-order valence-electron chi connectivity index (χ1n) is 10.9. The predicted molar refractivity (Wildman–Crippen MR) is 110 cm³/mol. The molecule has 2 amide bonds. The van der Waals surface area contributed by atoms with E-state index in [1.165, 1.54) is 4.90 Å².